The molecule has 0 radical (unpaired) electrons. The molecule has 3 aliphatic rings. The Hall–Kier alpha value is -3.92. The molecule has 0 bridgehead atoms. The van der Waals surface area contributed by atoms with Crippen molar-refractivity contribution in [2.24, 2.45) is 5.92 Å². The molecule has 2 aromatic heterocycles. The second kappa shape index (κ2) is 7.04. The maximum atomic E-state index is 7.14. The summed E-state index contributed by atoms with van der Waals surface area (Å²) in [6.45, 7) is 13.6. The fraction of sp³-hybridized carbons (Fsp3) is 0.333. The summed E-state index contributed by atoms with van der Waals surface area (Å²) in [5.41, 5.74) is 9.50. The average molecular weight is 527 g/mol. The first-order chi connectivity index (χ1) is 19.1. The third-order valence-electron chi connectivity index (χ3n) is 10.1. The van der Waals surface area contributed by atoms with Crippen LogP contribution in [0.1, 0.15) is 68.3 Å². The highest BCUT2D eigenvalue weighted by Gasteiger charge is 2.56. The van der Waals surface area contributed by atoms with Crippen LogP contribution in [0.2, 0.25) is 0 Å². The van der Waals surface area contributed by atoms with E-state index in [1.54, 1.807) is 0 Å². The molecular formula is C36H34N2O2. The fourth-order valence-electron chi connectivity index (χ4n) is 8.77. The predicted molar refractivity (Wildman–Crippen MR) is 163 cm³/mol. The van der Waals surface area contributed by atoms with Crippen LogP contribution >= 0.6 is 0 Å². The third kappa shape index (κ3) is 2.63. The molecule has 0 aliphatic carbocycles. The minimum atomic E-state index is -0.378. The Labute approximate surface area is 233 Å². The Balaban J connectivity index is 1.51. The number of nitrogens with zero attached hydrogens (tertiary/aromatic N) is 1. The first-order valence-electron chi connectivity index (χ1n) is 14.6. The van der Waals surface area contributed by atoms with Gasteiger partial charge in [-0.05, 0) is 83.4 Å². The van der Waals surface area contributed by atoms with Gasteiger partial charge < -0.3 is 19.0 Å². The van der Waals surface area contributed by atoms with Crippen molar-refractivity contribution in [1.29, 1.82) is 0 Å². The molecule has 4 nitrogen and oxygen atoms in total. The van der Waals surface area contributed by atoms with Gasteiger partial charge in [0.1, 0.15) is 22.7 Å². The highest BCUT2D eigenvalue weighted by molar-refractivity contribution is 6.12. The minimum absolute atomic E-state index is 0.124. The van der Waals surface area contributed by atoms with Crippen LogP contribution in [0.5, 0.6) is 11.5 Å². The van der Waals surface area contributed by atoms with Crippen LogP contribution in [-0.2, 0) is 0 Å². The number of ether oxygens (including phenoxy) is 2. The van der Waals surface area contributed by atoms with E-state index in [-0.39, 0.29) is 23.2 Å². The zero-order chi connectivity index (χ0) is 27.3. The predicted octanol–water partition coefficient (Wildman–Crippen LogP) is 9.08. The molecule has 40 heavy (non-hydrogen) atoms. The lowest BCUT2D eigenvalue weighted by Crippen LogP contribution is -2.53. The Morgan fingerprint density at radius 1 is 0.775 bits per heavy atom. The van der Waals surface area contributed by atoms with E-state index in [9.17, 15) is 0 Å². The highest BCUT2D eigenvalue weighted by Crippen LogP contribution is 2.63. The Morgan fingerprint density at radius 2 is 1.45 bits per heavy atom. The molecule has 9 rings (SSSR count). The van der Waals surface area contributed by atoms with Crippen molar-refractivity contribution in [3.05, 3.63) is 82.9 Å². The van der Waals surface area contributed by atoms with Gasteiger partial charge in [-0.2, -0.15) is 0 Å². The lowest BCUT2D eigenvalue weighted by atomic mass is 9.63. The van der Waals surface area contributed by atoms with Crippen LogP contribution in [-0.4, -0.2) is 20.8 Å². The summed E-state index contributed by atoms with van der Waals surface area (Å²) in [5, 5.41) is 5.21. The molecule has 1 N–H and O–H groups in total. The quantitative estimate of drug-likeness (QED) is 0.214. The standard InChI is InChI=1S/C36H34N2O2/c1-18-15-22-20-11-7-9-13-25(20)37-30(22)28-32-29(36(5,6)40-34(18)28)24-17-35(3,4)39-33-19(2)16-23-21-12-8-10-14-26(21)38(32)31(23)27(24)33/h7-16,24,29,32,37H,17H2,1-6H3/t24-,29-,32-/m0/s1. The zero-order valence-corrected chi connectivity index (χ0v) is 24.0. The Morgan fingerprint density at radius 3 is 2.25 bits per heavy atom. The van der Waals surface area contributed by atoms with E-state index in [1.807, 2.05) is 0 Å². The Kier molecular flexibility index (Phi) is 4.02. The molecule has 0 saturated heterocycles. The first kappa shape index (κ1) is 22.9. The molecule has 0 fully saturated rings. The van der Waals surface area contributed by atoms with Gasteiger partial charge >= 0.3 is 0 Å². The van der Waals surface area contributed by atoms with E-state index in [0.29, 0.717) is 5.92 Å². The number of H-pyrrole nitrogens is 1. The van der Waals surface area contributed by atoms with E-state index in [4.69, 9.17) is 9.47 Å². The van der Waals surface area contributed by atoms with Gasteiger partial charge in [-0.25, -0.2) is 0 Å². The number of aromatic nitrogens is 2. The van der Waals surface area contributed by atoms with Gasteiger partial charge in [-0.1, -0.05) is 36.4 Å². The van der Waals surface area contributed by atoms with Crippen LogP contribution in [0.25, 0.3) is 43.6 Å². The maximum Gasteiger partial charge on any atom is 0.130 e. The zero-order valence-electron chi connectivity index (χ0n) is 24.0. The van der Waals surface area contributed by atoms with Crippen molar-refractivity contribution in [3.8, 4) is 11.5 Å². The normalized spacial score (nSPS) is 23.7. The molecule has 5 heterocycles. The molecule has 200 valence electrons. The fourth-order valence-corrected chi connectivity index (χ4v) is 8.77. The summed E-state index contributed by atoms with van der Waals surface area (Å²) in [7, 11) is 0. The van der Waals surface area contributed by atoms with E-state index in [0.717, 1.165) is 17.9 Å². The van der Waals surface area contributed by atoms with Gasteiger partial charge in [-0.3, -0.25) is 0 Å². The van der Waals surface area contributed by atoms with Crippen molar-refractivity contribution >= 4 is 43.6 Å². The van der Waals surface area contributed by atoms with Crippen molar-refractivity contribution < 1.29 is 9.47 Å². The van der Waals surface area contributed by atoms with E-state index < -0.39 is 0 Å². The summed E-state index contributed by atoms with van der Waals surface area (Å²) in [5.74, 6) is 2.66. The third-order valence-corrected chi connectivity index (χ3v) is 10.1. The van der Waals surface area contributed by atoms with Crippen molar-refractivity contribution in [1.82, 2.24) is 9.55 Å². The number of rotatable bonds is 0. The summed E-state index contributed by atoms with van der Waals surface area (Å²) in [6.07, 6.45) is 0.963. The molecule has 4 heteroatoms. The van der Waals surface area contributed by atoms with Gasteiger partial charge in [0, 0.05) is 55.5 Å². The van der Waals surface area contributed by atoms with Gasteiger partial charge in [0.15, 0.2) is 0 Å². The summed E-state index contributed by atoms with van der Waals surface area (Å²) < 4.78 is 16.6. The van der Waals surface area contributed by atoms with E-state index >= 15 is 0 Å². The number of para-hydroxylation sites is 2. The van der Waals surface area contributed by atoms with Gasteiger partial charge in [0.25, 0.3) is 0 Å². The second-order valence-electron chi connectivity index (χ2n) is 13.6. The maximum absolute atomic E-state index is 7.14. The first-order valence-corrected chi connectivity index (χ1v) is 14.6. The van der Waals surface area contributed by atoms with Crippen molar-refractivity contribution in [2.45, 2.75) is 71.1 Å². The molecule has 0 saturated carbocycles. The molecule has 0 unspecified atom stereocenters. The van der Waals surface area contributed by atoms with Crippen LogP contribution < -0.4 is 9.47 Å². The van der Waals surface area contributed by atoms with Crippen LogP contribution in [0.3, 0.4) is 0 Å². The summed E-state index contributed by atoms with van der Waals surface area (Å²) >= 11 is 0. The van der Waals surface area contributed by atoms with Gasteiger partial charge in [0.05, 0.1) is 17.1 Å². The van der Waals surface area contributed by atoms with Gasteiger partial charge in [0.2, 0.25) is 0 Å². The smallest absolute Gasteiger partial charge is 0.130 e. The van der Waals surface area contributed by atoms with E-state index in [2.05, 4.69) is 112 Å². The topological polar surface area (TPSA) is 39.2 Å². The number of nitrogens with one attached hydrogen (secondary N) is 1. The molecule has 3 aliphatic heterocycles. The molecule has 6 aromatic rings. The Bertz CT molecular complexity index is 2090. The van der Waals surface area contributed by atoms with Crippen molar-refractivity contribution in [3.63, 3.8) is 0 Å². The number of hydrogen-bond donors (Lipinski definition) is 1. The summed E-state index contributed by atoms with van der Waals surface area (Å²) in [4.78, 5) is 3.86. The van der Waals surface area contributed by atoms with Crippen LogP contribution in [0.4, 0.5) is 0 Å². The highest BCUT2D eigenvalue weighted by atomic mass is 16.5. The largest absolute Gasteiger partial charge is 0.487 e. The lowest BCUT2D eigenvalue weighted by Gasteiger charge is -2.54. The SMILES string of the molecule is Cc1cc2c([nH]c3ccccc32)c2c1OC(C)(C)[C@H]1[C@H]3CC(C)(C)Oc4c(C)cc5c6ccccc6n(c5c43)[C@@H]21. The monoisotopic (exact) mass is 526 g/mol. The second-order valence-corrected chi connectivity index (χ2v) is 13.6. The number of aryl methyl sites for hydroxylation is 2. The van der Waals surface area contributed by atoms with Gasteiger partial charge in [-0.15, -0.1) is 0 Å². The van der Waals surface area contributed by atoms with Crippen molar-refractivity contribution in [2.75, 3.05) is 0 Å². The van der Waals surface area contributed by atoms with Crippen LogP contribution in [0, 0.1) is 19.8 Å². The summed E-state index contributed by atoms with van der Waals surface area (Å²) in [6, 6.07) is 22.5. The number of fused-ring (bicyclic) bond motifs is 12. The molecule has 0 amide bonds. The average Bonchev–Trinajstić information content (AvgIpc) is 3.43. The number of benzene rings is 4. The number of aromatic amines is 1. The molecular weight excluding hydrogens is 492 g/mol. The van der Waals surface area contributed by atoms with Crippen LogP contribution in [0.15, 0.2) is 60.7 Å². The molecule has 0 spiro atoms. The number of hydrogen-bond acceptors (Lipinski definition) is 2. The molecule has 4 aromatic carbocycles. The molecule has 3 atom stereocenters. The van der Waals surface area contributed by atoms with E-state index in [1.165, 1.54) is 65.9 Å². The lowest BCUT2D eigenvalue weighted by molar-refractivity contribution is -0.0353. The minimum Gasteiger partial charge on any atom is -0.487 e.